The fraction of sp³-hybridized carbons (Fsp3) is 0.538. The van der Waals surface area contributed by atoms with Crippen LogP contribution in [-0.4, -0.2) is 34.7 Å². The molecule has 6 heteroatoms. The standard InChI is InChI=1S/C13H22N2O3S/c1-11(2)18-12-5-7-13(8-6-12)19(16,17)15-10-4-9-14-3/h5-8,11,14-15H,4,9-10H2,1-3H3. The summed E-state index contributed by atoms with van der Waals surface area (Å²) in [5.41, 5.74) is 0. The summed E-state index contributed by atoms with van der Waals surface area (Å²) in [5, 5.41) is 2.97. The molecule has 0 heterocycles. The van der Waals surface area contributed by atoms with Gasteiger partial charge in [-0.15, -0.1) is 0 Å². The minimum absolute atomic E-state index is 0.0714. The van der Waals surface area contributed by atoms with E-state index in [9.17, 15) is 8.42 Å². The summed E-state index contributed by atoms with van der Waals surface area (Å²) in [4.78, 5) is 0.257. The van der Waals surface area contributed by atoms with Crippen molar-refractivity contribution >= 4 is 10.0 Å². The third-order valence-electron chi connectivity index (χ3n) is 2.40. The van der Waals surface area contributed by atoms with E-state index in [0.29, 0.717) is 12.3 Å². The Labute approximate surface area is 115 Å². The number of ether oxygens (including phenoxy) is 1. The average Bonchev–Trinajstić information content (AvgIpc) is 2.35. The van der Waals surface area contributed by atoms with Crippen LogP contribution in [0.3, 0.4) is 0 Å². The average molecular weight is 286 g/mol. The van der Waals surface area contributed by atoms with E-state index < -0.39 is 10.0 Å². The van der Waals surface area contributed by atoms with E-state index in [4.69, 9.17) is 4.74 Å². The zero-order valence-corrected chi connectivity index (χ0v) is 12.5. The predicted molar refractivity (Wildman–Crippen MR) is 75.9 cm³/mol. The molecule has 5 nitrogen and oxygen atoms in total. The van der Waals surface area contributed by atoms with Crippen LogP contribution in [0.15, 0.2) is 29.2 Å². The van der Waals surface area contributed by atoms with Crippen molar-refractivity contribution < 1.29 is 13.2 Å². The van der Waals surface area contributed by atoms with Crippen molar-refractivity contribution in [2.75, 3.05) is 20.1 Å². The lowest BCUT2D eigenvalue weighted by Gasteiger charge is -2.10. The van der Waals surface area contributed by atoms with Crippen molar-refractivity contribution in [3.8, 4) is 5.75 Å². The topological polar surface area (TPSA) is 67.4 Å². The molecule has 0 amide bonds. The summed E-state index contributed by atoms with van der Waals surface area (Å²) >= 11 is 0. The van der Waals surface area contributed by atoms with Gasteiger partial charge >= 0.3 is 0 Å². The van der Waals surface area contributed by atoms with Crippen molar-refractivity contribution in [1.29, 1.82) is 0 Å². The quantitative estimate of drug-likeness (QED) is 0.708. The van der Waals surface area contributed by atoms with Crippen molar-refractivity contribution in [1.82, 2.24) is 10.0 Å². The van der Waals surface area contributed by atoms with E-state index in [0.717, 1.165) is 13.0 Å². The third-order valence-corrected chi connectivity index (χ3v) is 3.88. The van der Waals surface area contributed by atoms with Gasteiger partial charge in [0.2, 0.25) is 10.0 Å². The first kappa shape index (κ1) is 15.9. The van der Waals surface area contributed by atoms with Crippen LogP contribution in [0.4, 0.5) is 0 Å². The highest BCUT2D eigenvalue weighted by Gasteiger charge is 2.13. The van der Waals surface area contributed by atoms with Crippen LogP contribution in [0.25, 0.3) is 0 Å². The molecule has 0 atom stereocenters. The molecular formula is C13H22N2O3S. The number of hydrogen-bond donors (Lipinski definition) is 2. The van der Waals surface area contributed by atoms with E-state index in [1.807, 2.05) is 20.9 Å². The van der Waals surface area contributed by atoms with Crippen LogP contribution >= 0.6 is 0 Å². The monoisotopic (exact) mass is 286 g/mol. The van der Waals surface area contributed by atoms with Crippen LogP contribution in [0, 0.1) is 0 Å². The van der Waals surface area contributed by atoms with Gasteiger partial charge < -0.3 is 10.1 Å². The molecule has 0 spiro atoms. The van der Waals surface area contributed by atoms with E-state index in [2.05, 4.69) is 10.0 Å². The Bertz CT molecular complexity index is 469. The number of sulfonamides is 1. The van der Waals surface area contributed by atoms with Gasteiger partial charge in [-0.25, -0.2) is 13.1 Å². The number of hydrogen-bond acceptors (Lipinski definition) is 4. The summed E-state index contributed by atoms with van der Waals surface area (Å²) in [7, 11) is -1.58. The molecule has 1 aromatic carbocycles. The van der Waals surface area contributed by atoms with Crippen molar-refractivity contribution in [3.63, 3.8) is 0 Å². The maximum absolute atomic E-state index is 12.0. The molecule has 0 aliphatic carbocycles. The van der Waals surface area contributed by atoms with Crippen molar-refractivity contribution in [2.45, 2.75) is 31.3 Å². The Hall–Kier alpha value is -1.11. The summed E-state index contributed by atoms with van der Waals surface area (Å²) in [6.45, 7) is 5.05. The maximum Gasteiger partial charge on any atom is 0.240 e. The van der Waals surface area contributed by atoms with Gasteiger partial charge in [0.1, 0.15) is 5.75 Å². The molecule has 0 unspecified atom stereocenters. The second-order valence-corrected chi connectivity index (χ2v) is 6.26. The first-order chi connectivity index (χ1) is 8.95. The summed E-state index contributed by atoms with van der Waals surface area (Å²) in [5.74, 6) is 0.670. The predicted octanol–water partition coefficient (Wildman–Crippen LogP) is 1.36. The molecular weight excluding hydrogens is 264 g/mol. The van der Waals surface area contributed by atoms with Crippen LogP contribution in [0.5, 0.6) is 5.75 Å². The Morgan fingerprint density at radius 3 is 2.32 bits per heavy atom. The molecule has 0 aliphatic heterocycles. The second-order valence-electron chi connectivity index (χ2n) is 4.49. The Balaban J connectivity index is 2.63. The van der Waals surface area contributed by atoms with Gasteiger partial charge in [0.15, 0.2) is 0 Å². The molecule has 0 saturated heterocycles. The number of benzene rings is 1. The molecule has 2 N–H and O–H groups in total. The first-order valence-electron chi connectivity index (χ1n) is 6.36. The summed E-state index contributed by atoms with van der Waals surface area (Å²) in [6.07, 6.45) is 0.826. The Morgan fingerprint density at radius 1 is 1.16 bits per heavy atom. The molecule has 0 aliphatic rings. The largest absolute Gasteiger partial charge is 0.491 e. The van der Waals surface area contributed by atoms with Gasteiger partial charge in [0, 0.05) is 6.54 Å². The molecule has 0 bridgehead atoms. The van der Waals surface area contributed by atoms with E-state index in [1.165, 1.54) is 0 Å². The number of rotatable bonds is 8. The molecule has 0 aromatic heterocycles. The van der Waals surface area contributed by atoms with Crippen LogP contribution in [-0.2, 0) is 10.0 Å². The Kier molecular flexibility index (Phi) is 6.27. The fourth-order valence-corrected chi connectivity index (χ4v) is 2.60. The molecule has 19 heavy (non-hydrogen) atoms. The number of nitrogens with one attached hydrogen (secondary N) is 2. The lowest BCUT2D eigenvalue weighted by molar-refractivity contribution is 0.242. The Morgan fingerprint density at radius 2 is 1.79 bits per heavy atom. The molecule has 108 valence electrons. The molecule has 1 rings (SSSR count). The molecule has 0 radical (unpaired) electrons. The second kappa shape index (κ2) is 7.47. The third kappa shape index (κ3) is 5.59. The van der Waals surface area contributed by atoms with Gasteiger partial charge in [-0.1, -0.05) is 0 Å². The minimum Gasteiger partial charge on any atom is -0.491 e. The lowest BCUT2D eigenvalue weighted by atomic mass is 10.3. The lowest BCUT2D eigenvalue weighted by Crippen LogP contribution is -2.26. The van der Waals surface area contributed by atoms with Gasteiger partial charge in [0.05, 0.1) is 11.0 Å². The highest BCUT2D eigenvalue weighted by molar-refractivity contribution is 7.89. The highest BCUT2D eigenvalue weighted by Crippen LogP contribution is 2.16. The van der Waals surface area contributed by atoms with Crippen molar-refractivity contribution in [2.24, 2.45) is 0 Å². The molecule has 0 saturated carbocycles. The van der Waals surface area contributed by atoms with Crippen LogP contribution in [0.1, 0.15) is 20.3 Å². The summed E-state index contributed by atoms with van der Waals surface area (Å²) < 4.78 is 31.9. The van der Waals surface area contributed by atoms with E-state index in [-0.39, 0.29) is 11.0 Å². The van der Waals surface area contributed by atoms with Gasteiger partial charge in [0.25, 0.3) is 0 Å². The van der Waals surface area contributed by atoms with E-state index >= 15 is 0 Å². The van der Waals surface area contributed by atoms with E-state index in [1.54, 1.807) is 24.3 Å². The molecule has 0 fully saturated rings. The molecule has 1 aromatic rings. The van der Waals surface area contributed by atoms with Gasteiger partial charge in [-0.3, -0.25) is 0 Å². The van der Waals surface area contributed by atoms with Crippen LogP contribution < -0.4 is 14.8 Å². The fourth-order valence-electron chi connectivity index (χ4n) is 1.52. The maximum atomic E-state index is 12.0. The zero-order chi connectivity index (χ0) is 14.3. The van der Waals surface area contributed by atoms with Crippen LogP contribution in [0.2, 0.25) is 0 Å². The minimum atomic E-state index is -3.42. The first-order valence-corrected chi connectivity index (χ1v) is 7.85. The smallest absolute Gasteiger partial charge is 0.240 e. The SMILES string of the molecule is CNCCCNS(=O)(=O)c1ccc(OC(C)C)cc1. The highest BCUT2D eigenvalue weighted by atomic mass is 32.2. The van der Waals surface area contributed by atoms with Crippen molar-refractivity contribution in [3.05, 3.63) is 24.3 Å². The van der Waals surface area contributed by atoms with Gasteiger partial charge in [-0.2, -0.15) is 0 Å². The van der Waals surface area contributed by atoms with Gasteiger partial charge in [-0.05, 0) is 58.1 Å². The normalized spacial score (nSPS) is 11.8. The zero-order valence-electron chi connectivity index (χ0n) is 11.6. The summed E-state index contributed by atoms with van der Waals surface area (Å²) in [6, 6.07) is 6.44.